The molecule has 2 N–H and O–H groups in total. The van der Waals surface area contributed by atoms with Gasteiger partial charge in [0.25, 0.3) is 0 Å². The fourth-order valence-electron chi connectivity index (χ4n) is 1.68. The second kappa shape index (κ2) is 7.82. The molecule has 0 fully saturated rings. The van der Waals surface area contributed by atoms with Crippen LogP contribution < -0.4 is 10.6 Å². The van der Waals surface area contributed by atoms with Crippen molar-refractivity contribution in [2.24, 2.45) is 0 Å². The topological polar surface area (TPSA) is 80.5 Å². The lowest BCUT2D eigenvalue weighted by Crippen LogP contribution is -2.14. The molecule has 0 aliphatic heterocycles. The molecule has 2 rings (SSSR count). The van der Waals surface area contributed by atoms with Gasteiger partial charge >= 0.3 is 0 Å². The highest BCUT2D eigenvalue weighted by atomic mass is 32.2. The fraction of sp³-hybridized carbons (Fsp3) is 0.538. The van der Waals surface area contributed by atoms with Gasteiger partial charge in [-0.15, -0.1) is 0 Å². The molecular formula is C13H21N7S. The Morgan fingerprint density at radius 2 is 2.00 bits per heavy atom. The summed E-state index contributed by atoms with van der Waals surface area (Å²) in [5, 5.41) is 6.99. The Bertz CT molecular complexity index is 543. The van der Waals surface area contributed by atoms with Crippen molar-refractivity contribution in [3.63, 3.8) is 0 Å². The first-order valence-electron chi connectivity index (χ1n) is 6.98. The number of thioether (sulfide) groups is 1. The molecule has 0 aliphatic rings. The summed E-state index contributed by atoms with van der Waals surface area (Å²) < 4.78 is 1.76. The van der Waals surface area contributed by atoms with Crippen molar-refractivity contribution < 1.29 is 0 Å². The van der Waals surface area contributed by atoms with Gasteiger partial charge in [0, 0.05) is 30.7 Å². The third-order valence-corrected chi connectivity index (χ3v) is 3.97. The molecule has 0 amide bonds. The van der Waals surface area contributed by atoms with Gasteiger partial charge in [0.15, 0.2) is 0 Å². The van der Waals surface area contributed by atoms with Crippen LogP contribution >= 0.6 is 11.8 Å². The number of anilines is 2. The van der Waals surface area contributed by atoms with E-state index in [1.807, 2.05) is 24.9 Å². The number of nitrogens with one attached hydrogen (secondary N) is 2. The average Bonchev–Trinajstić information content (AvgIpc) is 3.01. The van der Waals surface area contributed by atoms with Gasteiger partial charge in [-0.2, -0.15) is 26.7 Å². The van der Waals surface area contributed by atoms with Gasteiger partial charge < -0.3 is 10.6 Å². The minimum Gasteiger partial charge on any atom is -0.354 e. The first-order valence-corrected chi connectivity index (χ1v) is 8.26. The van der Waals surface area contributed by atoms with Crippen LogP contribution in [0.5, 0.6) is 0 Å². The Labute approximate surface area is 129 Å². The smallest absolute Gasteiger partial charge is 0.241 e. The average molecular weight is 307 g/mol. The summed E-state index contributed by atoms with van der Waals surface area (Å²) in [7, 11) is 0. The van der Waals surface area contributed by atoms with E-state index in [9.17, 15) is 0 Å². The van der Waals surface area contributed by atoms with Crippen LogP contribution in [-0.4, -0.2) is 49.1 Å². The summed E-state index contributed by atoms with van der Waals surface area (Å²) in [6.07, 6.45) is 8.36. The summed E-state index contributed by atoms with van der Waals surface area (Å²) in [6, 6.07) is 0. The second-order valence-electron chi connectivity index (χ2n) is 4.54. The van der Waals surface area contributed by atoms with Crippen LogP contribution in [0.15, 0.2) is 18.7 Å². The molecule has 114 valence electrons. The van der Waals surface area contributed by atoms with Crippen LogP contribution in [0.25, 0.3) is 5.95 Å². The molecule has 21 heavy (non-hydrogen) atoms. The predicted molar refractivity (Wildman–Crippen MR) is 87.2 cm³/mol. The first kappa shape index (κ1) is 15.6. The normalized spacial score (nSPS) is 12.1. The van der Waals surface area contributed by atoms with Gasteiger partial charge in [-0.05, 0) is 19.6 Å². The van der Waals surface area contributed by atoms with Crippen molar-refractivity contribution in [2.75, 3.05) is 30.0 Å². The number of hydrogen-bond acceptors (Lipinski definition) is 7. The van der Waals surface area contributed by atoms with Crippen molar-refractivity contribution in [1.82, 2.24) is 24.5 Å². The highest BCUT2D eigenvalue weighted by molar-refractivity contribution is 7.99. The van der Waals surface area contributed by atoms with Crippen molar-refractivity contribution >= 4 is 23.7 Å². The number of imidazole rings is 1. The van der Waals surface area contributed by atoms with Crippen LogP contribution in [0.1, 0.15) is 20.3 Å². The minimum atomic E-state index is 0.555. The Balaban J connectivity index is 2.12. The molecule has 7 nitrogen and oxygen atoms in total. The summed E-state index contributed by atoms with van der Waals surface area (Å²) in [4.78, 5) is 17.2. The second-order valence-corrected chi connectivity index (χ2v) is 5.82. The molecule has 0 aromatic carbocycles. The lowest BCUT2D eigenvalue weighted by molar-refractivity contribution is 0.832. The van der Waals surface area contributed by atoms with Crippen LogP contribution in [-0.2, 0) is 0 Å². The highest BCUT2D eigenvalue weighted by Gasteiger charge is 2.08. The largest absolute Gasteiger partial charge is 0.354 e. The van der Waals surface area contributed by atoms with Gasteiger partial charge in [0.1, 0.15) is 6.33 Å². The van der Waals surface area contributed by atoms with Crippen LogP contribution in [0.2, 0.25) is 0 Å². The third-order valence-electron chi connectivity index (χ3n) is 2.93. The molecule has 0 radical (unpaired) electrons. The third kappa shape index (κ3) is 4.59. The minimum absolute atomic E-state index is 0.555. The molecule has 0 aliphatic carbocycles. The molecule has 2 aromatic rings. The number of aromatic nitrogens is 5. The summed E-state index contributed by atoms with van der Waals surface area (Å²) >= 11 is 1.85. The molecule has 0 saturated carbocycles. The molecule has 8 heteroatoms. The Morgan fingerprint density at radius 3 is 2.62 bits per heavy atom. The molecule has 2 aromatic heterocycles. The zero-order valence-corrected chi connectivity index (χ0v) is 13.4. The molecular weight excluding hydrogens is 286 g/mol. The number of hydrogen-bond donors (Lipinski definition) is 2. The van der Waals surface area contributed by atoms with E-state index in [-0.39, 0.29) is 0 Å². The van der Waals surface area contributed by atoms with Gasteiger partial charge in [-0.1, -0.05) is 6.92 Å². The first-order chi connectivity index (χ1) is 10.2. The predicted octanol–water partition coefficient (Wildman–Crippen LogP) is 2.04. The summed E-state index contributed by atoms with van der Waals surface area (Å²) in [6.45, 7) is 5.81. The molecule has 0 spiro atoms. The zero-order chi connectivity index (χ0) is 15.1. The van der Waals surface area contributed by atoms with Gasteiger partial charge in [0.2, 0.25) is 17.8 Å². The highest BCUT2D eigenvalue weighted by Crippen LogP contribution is 2.12. The molecule has 0 bridgehead atoms. The van der Waals surface area contributed by atoms with Gasteiger partial charge in [0.05, 0.1) is 0 Å². The lowest BCUT2D eigenvalue weighted by Gasteiger charge is -2.11. The maximum absolute atomic E-state index is 4.42. The van der Waals surface area contributed by atoms with Crippen molar-refractivity contribution in [2.45, 2.75) is 25.5 Å². The quantitative estimate of drug-likeness (QED) is 0.772. The molecule has 0 saturated heterocycles. The van der Waals surface area contributed by atoms with Crippen LogP contribution in [0.4, 0.5) is 11.9 Å². The molecule has 1 atom stereocenters. The van der Waals surface area contributed by atoms with E-state index < -0.39 is 0 Å². The van der Waals surface area contributed by atoms with E-state index in [4.69, 9.17) is 0 Å². The summed E-state index contributed by atoms with van der Waals surface area (Å²) in [5.41, 5.74) is 0. The monoisotopic (exact) mass is 307 g/mol. The SMILES string of the molecule is CCNc1nc(NCCC(C)SC)nc(-n2ccnc2)n1. The van der Waals surface area contributed by atoms with E-state index in [0.717, 1.165) is 19.5 Å². The van der Waals surface area contributed by atoms with Gasteiger partial charge in [-0.3, -0.25) is 4.57 Å². The van der Waals surface area contributed by atoms with E-state index in [2.05, 4.69) is 43.7 Å². The maximum Gasteiger partial charge on any atom is 0.241 e. The van der Waals surface area contributed by atoms with Crippen molar-refractivity contribution in [3.8, 4) is 5.95 Å². The number of nitrogens with zero attached hydrogens (tertiary/aromatic N) is 5. The zero-order valence-electron chi connectivity index (χ0n) is 12.6. The van der Waals surface area contributed by atoms with E-state index in [0.29, 0.717) is 23.1 Å². The van der Waals surface area contributed by atoms with Crippen LogP contribution in [0, 0.1) is 0 Å². The number of rotatable bonds is 8. The Morgan fingerprint density at radius 1 is 1.24 bits per heavy atom. The van der Waals surface area contributed by atoms with E-state index in [1.165, 1.54) is 0 Å². The van der Waals surface area contributed by atoms with E-state index >= 15 is 0 Å². The molecule has 1 unspecified atom stereocenters. The standard InChI is InChI=1S/C13H21N7S/c1-4-15-11-17-12(16-6-5-10(2)21-3)19-13(18-11)20-8-7-14-9-20/h7-10H,4-6H2,1-3H3,(H2,15,16,17,18,19). The summed E-state index contributed by atoms with van der Waals surface area (Å²) in [5.74, 6) is 1.70. The molecule has 2 heterocycles. The van der Waals surface area contributed by atoms with E-state index in [1.54, 1.807) is 17.1 Å². The van der Waals surface area contributed by atoms with Crippen molar-refractivity contribution in [1.29, 1.82) is 0 Å². The lowest BCUT2D eigenvalue weighted by atomic mass is 10.3. The van der Waals surface area contributed by atoms with Crippen LogP contribution in [0.3, 0.4) is 0 Å². The van der Waals surface area contributed by atoms with Crippen molar-refractivity contribution in [3.05, 3.63) is 18.7 Å². The Kier molecular flexibility index (Phi) is 5.79. The maximum atomic E-state index is 4.42. The van der Waals surface area contributed by atoms with Gasteiger partial charge in [-0.25, -0.2) is 4.98 Å². The fourth-order valence-corrected chi connectivity index (χ4v) is 2.03. The Hall–Kier alpha value is -1.83.